The zero-order valence-electron chi connectivity index (χ0n) is 13.8. The summed E-state index contributed by atoms with van der Waals surface area (Å²) in [6.45, 7) is 1.45. The molecular formula is C16H21N5O3S. The molecule has 0 spiro atoms. The first kappa shape index (κ1) is 17.7. The van der Waals surface area contributed by atoms with Crippen LogP contribution >= 0.6 is 11.3 Å². The first-order valence-electron chi connectivity index (χ1n) is 7.90. The number of aromatic nitrogens is 2. The normalized spacial score (nSPS) is 28.4. The smallest absolute Gasteiger partial charge is 0.184 e. The molecule has 1 saturated carbocycles. The number of aliphatic hydroxyl groups is 3. The molecular weight excluding hydrogens is 342 g/mol. The topological polar surface area (TPSA) is 151 Å². The van der Waals surface area contributed by atoms with Crippen LogP contribution in [0, 0.1) is 5.92 Å². The minimum absolute atomic E-state index is 0.00663. The van der Waals surface area contributed by atoms with E-state index in [9.17, 15) is 15.3 Å². The van der Waals surface area contributed by atoms with Crippen molar-refractivity contribution in [1.29, 1.82) is 0 Å². The summed E-state index contributed by atoms with van der Waals surface area (Å²) in [6.07, 6.45) is 2.80. The Balaban J connectivity index is 2.00. The number of thiazole rings is 1. The third-order valence-electron chi connectivity index (χ3n) is 4.41. The van der Waals surface area contributed by atoms with E-state index in [4.69, 9.17) is 11.5 Å². The number of amidine groups is 1. The van der Waals surface area contributed by atoms with Gasteiger partial charge in [0.25, 0.3) is 0 Å². The number of pyridine rings is 1. The molecule has 0 bridgehead atoms. The molecule has 1 aliphatic rings. The second-order valence-corrected chi connectivity index (χ2v) is 7.25. The molecule has 8 nitrogen and oxygen atoms in total. The molecule has 7 N–H and O–H groups in total. The maximum Gasteiger partial charge on any atom is 0.184 e. The van der Waals surface area contributed by atoms with Crippen molar-refractivity contribution < 1.29 is 15.3 Å². The van der Waals surface area contributed by atoms with Gasteiger partial charge in [-0.05, 0) is 25.8 Å². The molecule has 134 valence electrons. The Labute approximate surface area is 148 Å². The zero-order chi connectivity index (χ0) is 18.2. The lowest BCUT2D eigenvalue weighted by Gasteiger charge is -2.25. The average Bonchev–Trinajstić information content (AvgIpc) is 3.09. The quantitative estimate of drug-likeness (QED) is 0.384. The van der Waals surface area contributed by atoms with E-state index in [1.54, 1.807) is 19.3 Å². The molecule has 9 heteroatoms. The van der Waals surface area contributed by atoms with Crippen LogP contribution in [0.15, 0.2) is 29.1 Å². The van der Waals surface area contributed by atoms with Crippen molar-refractivity contribution in [1.82, 2.24) is 9.97 Å². The van der Waals surface area contributed by atoms with Crippen molar-refractivity contribution in [3.63, 3.8) is 0 Å². The minimum atomic E-state index is -1.74. The van der Waals surface area contributed by atoms with Crippen LogP contribution in [0.4, 0.5) is 0 Å². The van der Waals surface area contributed by atoms with Crippen LogP contribution in [0.3, 0.4) is 0 Å². The number of nitrogens with zero attached hydrogens (tertiary/aromatic N) is 3. The Bertz CT molecular complexity index is 812. The fraction of sp³-hybridized carbons (Fsp3) is 0.438. The van der Waals surface area contributed by atoms with Gasteiger partial charge >= 0.3 is 0 Å². The van der Waals surface area contributed by atoms with Gasteiger partial charge < -0.3 is 26.8 Å². The Kier molecular flexibility index (Phi) is 4.74. The molecule has 0 radical (unpaired) electrons. The van der Waals surface area contributed by atoms with Crippen LogP contribution < -0.4 is 11.5 Å². The van der Waals surface area contributed by atoms with Gasteiger partial charge in [0.05, 0.1) is 16.5 Å². The van der Waals surface area contributed by atoms with E-state index in [2.05, 4.69) is 15.0 Å². The molecule has 2 aromatic heterocycles. The maximum absolute atomic E-state index is 10.6. The van der Waals surface area contributed by atoms with Crippen molar-refractivity contribution >= 4 is 33.0 Å². The highest BCUT2D eigenvalue weighted by atomic mass is 32.1. The summed E-state index contributed by atoms with van der Waals surface area (Å²) in [7, 11) is 0. The Hall–Kier alpha value is -2.07. The fourth-order valence-electron chi connectivity index (χ4n) is 3.03. The van der Waals surface area contributed by atoms with Crippen molar-refractivity contribution in [2.75, 3.05) is 6.61 Å². The van der Waals surface area contributed by atoms with Gasteiger partial charge in [0, 0.05) is 24.4 Å². The number of nitrogens with two attached hydrogens (primary N) is 2. The minimum Gasteiger partial charge on any atom is -0.402 e. The fourth-order valence-corrected chi connectivity index (χ4v) is 4.08. The third-order valence-corrected chi connectivity index (χ3v) is 5.46. The van der Waals surface area contributed by atoms with E-state index in [1.165, 1.54) is 11.3 Å². The Morgan fingerprint density at radius 2 is 2.24 bits per heavy atom. The zero-order valence-corrected chi connectivity index (χ0v) is 14.6. The van der Waals surface area contributed by atoms with Gasteiger partial charge in [-0.15, -0.1) is 11.3 Å². The summed E-state index contributed by atoms with van der Waals surface area (Å²) >= 11 is 1.39. The van der Waals surface area contributed by atoms with Crippen molar-refractivity contribution in [2.45, 2.75) is 31.6 Å². The second-order valence-electron chi connectivity index (χ2n) is 6.22. The molecule has 0 amide bonds. The summed E-state index contributed by atoms with van der Waals surface area (Å²) in [5, 5.41) is 30.7. The van der Waals surface area contributed by atoms with Crippen LogP contribution in [0.25, 0.3) is 15.8 Å². The molecule has 0 unspecified atom stereocenters. The summed E-state index contributed by atoms with van der Waals surface area (Å²) in [4.78, 5) is 12.7. The van der Waals surface area contributed by atoms with Gasteiger partial charge in [-0.3, -0.25) is 4.98 Å². The molecule has 0 aromatic carbocycles. The first-order valence-corrected chi connectivity index (χ1v) is 8.71. The second kappa shape index (κ2) is 6.68. The largest absolute Gasteiger partial charge is 0.402 e. The lowest BCUT2D eigenvalue weighted by atomic mass is 10.0. The summed E-state index contributed by atoms with van der Waals surface area (Å²) < 4.78 is 0.927. The van der Waals surface area contributed by atoms with E-state index in [-0.39, 0.29) is 18.9 Å². The average molecular weight is 363 g/mol. The predicted octanol–water partition coefficient (Wildman–Crippen LogP) is 0.190. The van der Waals surface area contributed by atoms with E-state index >= 15 is 0 Å². The van der Waals surface area contributed by atoms with E-state index in [0.717, 1.165) is 4.70 Å². The van der Waals surface area contributed by atoms with Crippen LogP contribution in [0.1, 0.15) is 24.8 Å². The van der Waals surface area contributed by atoms with E-state index in [0.29, 0.717) is 28.2 Å². The SMILES string of the molecule is C/C(N)=C(/C(N)=N/[C@@]1(O)CC[C@H](CO)[C@H]1O)c1nc2cnccc2s1. The van der Waals surface area contributed by atoms with Gasteiger partial charge in [-0.1, -0.05) is 0 Å². The molecule has 3 rings (SSSR count). The maximum atomic E-state index is 10.6. The van der Waals surface area contributed by atoms with Crippen LogP contribution in [-0.2, 0) is 0 Å². The number of allylic oxidation sites excluding steroid dienone is 1. The molecule has 0 saturated heterocycles. The molecule has 1 fully saturated rings. The van der Waals surface area contributed by atoms with Crippen molar-refractivity contribution in [3.8, 4) is 0 Å². The lowest BCUT2D eigenvalue weighted by molar-refractivity contribution is -0.0671. The first-order chi connectivity index (χ1) is 11.9. The van der Waals surface area contributed by atoms with Gasteiger partial charge in [0.1, 0.15) is 22.5 Å². The number of hydrogen-bond acceptors (Lipinski definition) is 8. The lowest BCUT2D eigenvalue weighted by Crippen LogP contribution is -2.41. The highest BCUT2D eigenvalue weighted by molar-refractivity contribution is 7.19. The molecule has 25 heavy (non-hydrogen) atoms. The van der Waals surface area contributed by atoms with Crippen molar-refractivity contribution in [2.24, 2.45) is 22.4 Å². The molecule has 0 aliphatic heterocycles. The summed E-state index contributed by atoms with van der Waals surface area (Å²) in [5.41, 5.74) is 11.9. The van der Waals surface area contributed by atoms with Crippen LogP contribution in [-0.4, -0.2) is 49.6 Å². The number of hydrogen-bond donors (Lipinski definition) is 5. The number of aliphatic imine (C=N–C) groups is 1. The molecule has 2 heterocycles. The van der Waals surface area contributed by atoms with Crippen molar-refractivity contribution in [3.05, 3.63) is 29.2 Å². The van der Waals surface area contributed by atoms with Gasteiger partial charge in [0.2, 0.25) is 0 Å². The summed E-state index contributed by atoms with van der Waals surface area (Å²) in [5.74, 6) is -0.423. The highest BCUT2D eigenvalue weighted by Gasteiger charge is 2.46. The van der Waals surface area contributed by atoms with Gasteiger partial charge in [-0.2, -0.15) is 0 Å². The molecule has 2 aromatic rings. The predicted molar refractivity (Wildman–Crippen MR) is 96.6 cm³/mol. The molecule has 1 aliphatic carbocycles. The standard InChI is InChI=1S/C16H21N5O3S/c1-8(17)12(15-20-10-6-19-5-3-11(10)25-15)14(18)21-16(24)4-2-9(7-22)13(16)23/h3,5-6,9,13,22-24H,2,4,7,17H2,1H3,(H2,18,21)/b12-8+/t9-,13-,16-/m1/s1. The number of aliphatic hydroxyl groups excluding tert-OH is 2. The molecule has 3 atom stereocenters. The van der Waals surface area contributed by atoms with Crippen LogP contribution in [0.5, 0.6) is 0 Å². The highest BCUT2D eigenvalue weighted by Crippen LogP contribution is 2.37. The summed E-state index contributed by atoms with van der Waals surface area (Å²) in [6, 6.07) is 1.84. The Morgan fingerprint density at radius 3 is 2.84 bits per heavy atom. The van der Waals surface area contributed by atoms with Crippen LogP contribution in [0.2, 0.25) is 0 Å². The van der Waals surface area contributed by atoms with Gasteiger partial charge in [0.15, 0.2) is 5.72 Å². The monoisotopic (exact) mass is 363 g/mol. The number of fused-ring (bicyclic) bond motifs is 1. The number of rotatable bonds is 4. The Morgan fingerprint density at radius 1 is 1.48 bits per heavy atom. The third kappa shape index (κ3) is 3.23. The van der Waals surface area contributed by atoms with Gasteiger partial charge in [-0.25, -0.2) is 9.98 Å². The van der Waals surface area contributed by atoms with E-state index < -0.39 is 17.7 Å². The van der Waals surface area contributed by atoms with E-state index in [1.807, 2.05) is 6.07 Å².